The normalized spacial score (nSPS) is 20.7. The highest BCUT2D eigenvalue weighted by molar-refractivity contribution is 5.34. The van der Waals surface area contributed by atoms with E-state index in [4.69, 9.17) is 9.47 Å². The molecule has 2 aliphatic rings. The topological polar surface area (TPSA) is 24.9 Å². The van der Waals surface area contributed by atoms with Gasteiger partial charge in [0, 0.05) is 37.3 Å². The van der Waals surface area contributed by atoms with Crippen molar-refractivity contribution in [3.05, 3.63) is 71.8 Å². The fourth-order valence-corrected chi connectivity index (χ4v) is 3.13. The first-order valence-corrected chi connectivity index (χ1v) is 8.97. The van der Waals surface area contributed by atoms with Crippen molar-refractivity contribution in [2.45, 2.75) is 5.79 Å². The zero-order valence-electron chi connectivity index (χ0n) is 15.2. The van der Waals surface area contributed by atoms with Gasteiger partial charge in [-0.3, -0.25) is 0 Å². The lowest BCUT2D eigenvalue weighted by atomic mass is 9.97. The Hall–Kier alpha value is -1.72. The molecule has 2 aromatic carbocycles. The van der Waals surface area contributed by atoms with E-state index in [1.807, 2.05) is 60.7 Å². The molecule has 0 spiro atoms. The van der Waals surface area contributed by atoms with Crippen LogP contribution in [0.25, 0.3) is 0 Å². The van der Waals surface area contributed by atoms with Crippen LogP contribution in [0.4, 0.5) is 0 Å². The first kappa shape index (κ1) is 18.1. The van der Waals surface area contributed by atoms with Crippen molar-refractivity contribution < 1.29 is 9.47 Å². The van der Waals surface area contributed by atoms with E-state index in [1.165, 1.54) is 26.2 Å². The first-order valence-electron chi connectivity index (χ1n) is 8.97. The molecule has 2 heterocycles. The number of nitrogens with zero attached hydrogens (tertiary/aromatic N) is 2. The maximum Gasteiger partial charge on any atom is 0.222 e. The van der Waals surface area contributed by atoms with Crippen molar-refractivity contribution in [3.63, 3.8) is 0 Å². The third-order valence-corrected chi connectivity index (χ3v) is 4.73. The van der Waals surface area contributed by atoms with Crippen molar-refractivity contribution in [1.82, 2.24) is 9.80 Å². The standard InChI is InChI=1S/C15H14O2.C6H14N2/c1-3-7-13(8-4-1)15(16-11-12-17-15)14-9-5-2-6-10-14;1-7-3-5-8(2)6-4-7/h1-10H,11-12H2;3-6H2,1-2H3. The second kappa shape index (κ2) is 8.59. The average Bonchev–Trinajstić information content (AvgIpc) is 3.17. The van der Waals surface area contributed by atoms with Crippen LogP contribution in [-0.2, 0) is 15.3 Å². The summed E-state index contributed by atoms with van der Waals surface area (Å²) in [5.74, 6) is -0.720. The van der Waals surface area contributed by atoms with E-state index in [1.54, 1.807) is 0 Å². The van der Waals surface area contributed by atoms with Crippen molar-refractivity contribution in [3.8, 4) is 0 Å². The highest BCUT2D eigenvalue weighted by atomic mass is 16.7. The fourth-order valence-electron chi connectivity index (χ4n) is 3.13. The van der Waals surface area contributed by atoms with Gasteiger partial charge in [0.25, 0.3) is 0 Å². The van der Waals surface area contributed by atoms with Crippen LogP contribution in [0.3, 0.4) is 0 Å². The minimum Gasteiger partial charge on any atom is -0.340 e. The van der Waals surface area contributed by atoms with E-state index in [0.29, 0.717) is 13.2 Å². The van der Waals surface area contributed by atoms with Crippen molar-refractivity contribution in [1.29, 1.82) is 0 Å². The molecule has 0 bridgehead atoms. The van der Waals surface area contributed by atoms with E-state index >= 15 is 0 Å². The molecule has 0 radical (unpaired) electrons. The monoisotopic (exact) mass is 340 g/mol. The van der Waals surface area contributed by atoms with E-state index in [-0.39, 0.29) is 0 Å². The molecule has 0 atom stereocenters. The third-order valence-electron chi connectivity index (χ3n) is 4.73. The van der Waals surface area contributed by atoms with Gasteiger partial charge < -0.3 is 19.3 Å². The molecule has 0 N–H and O–H groups in total. The van der Waals surface area contributed by atoms with Crippen molar-refractivity contribution in [2.24, 2.45) is 0 Å². The number of benzene rings is 2. The van der Waals surface area contributed by atoms with Gasteiger partial charge in [0.2, 0.25) is 5.79 Å². The average molecular weight is 340 g/mol. The molecule has 2 saturated heterocycles. The Labute approximate surface area is 151 Å². The number of hydrogen-bond donors (Lipinski definition) is 0. The molecule has 4 rings (SSSR count). The predicted octanol–water partition coefficient (Wildman–Crippen LogP) is 2.80. The molecule has 4 heteroatoms. The maximum atomic E-state index is 5.89. The van der Waals surface area contributed by atoms with Crippen LogP contribution >= 0.6 is 0 Å². The Morgan fingerprint density at radius 3 is 1.36 bits per heavy atom. The molecule has 0 saturated carbocycles. The Kier molecular flexibility index (Phi) is 6.21. The summed E-state index contributed by atoms with van der Waals surface area (Å²) in [7, 11) is 4.35. The Morgan fingerprint density at radius 1 is 0.640 bits per heavy atom. The quantitative estimate of drug-likeness (QED) is 0.839. The van der Waals surface area contributed by atoms with Gasteiger partial charge in [-0.05, 0) is 14.1 Å². The highest BCUT2D eigenvalue weighted by Crippen LogP contribution is 2.37. The molecule has 2 fully saturated rings. The molecule has 0 unspecified atom stereocenters. The predicted molar refractivity (Wildman–Crippen MR) is 101 cm³/mol. The summed E-state index contributed by atoms with van der Waals surface area (Å²) >= 11 is 0. The molecule has 134 valence electrons. The van der Waals surface area contributed by atoms with Gasteiger partial charge in [-0.1, -0.05) is 60.7 Å². The number of ether oxygens (including phenoxy) is 2. The van der Waals surface area contributed by atoms with Gasteiger partial charge in [-0.2, -0.15) is 0 Å². The highest BCUT2D eigenvalue weighted by Gasteiger charge is 2.40. The number of rotatable bonds is 2. The molecular formula is C21H28N2O2. The summed E-state index contributed by atoms with van der Waals surface area (Å²) < 4.78 is 11.8. The van der Waals surface area contributed by atoms with Gasteiger partial charge in [0.15, 0.2) is 0 Å². The van der Waals surface area contributed by atoms with Crippen LogP contribution in [0, 0.1) is 0 Å². The van der Waals surface area contributed by atoms with E-state index < -0.39 is 5.79 Å². The minimum atomic E-state index is -0.720. The van der Waals surface area contributed by atoms with Crippen LogP contribution in [0.2, 0.25) is 0 Å². The number of likely N-dealkylation sites (N-methyl/N-ethyl adjacent to an activating group) is 2. The van der Waals surface area contributed by atoms with Crippen molar-refractivity contribution >= 4 is 0 Å². The number of hydrogen-bond acceptors (Lipinski definition) is 4. The number of piperazine rings is 1. The van der Waals surface area contributed by atoms with Crippen LogP contribution in [0.5, 0.6) is 0 Å². The van der Waals surface area contributed by atoms with Crippen molar-refractivity contribution in [2.75, 3.05) is 53.5 Å². The van der Waals surface area contributed by atoms with E-state index in [2.05, 4.69) is 23.9 Å². The van der Waals surface area contributed by atoms with Crippen LogP contribution in [-0.4, -0.2) is 63.3 Å². The molecule has 0 aliphatic carbocycles. The largest absolute Gasteiger partial charge is 0.340 e. The smallest absolute Gasteiger partial charge is 0.222 e. The maximum absolute atomic E-state index is 5.89. The van der Waals surface area contributed by atoms with Crippen LogP contribution in [0.15, 0.2) is 60.7 Å². The van der Waals surface area contributed by atoms with Gasteiger partial charge in [0.05, 0.1) is 13.2 Å². The Bertz CT molecular complexity index is 567. The van der Waals surface area contributed by atoms with E-state index in [9.17, 15) is 0 Å². The molecule has 0 aromatic heterocycles. The molecule has 4 nitrogen and oxygen atoms in total. The first-order chi connectivity index (χ1) is 12.2. The second-order valence-corrected chi connectivity index (χ2v) is 6.65. The van der Waals surface area contributed by atoms with Gasteiger partial charge in [0.1, 0.15) is 0 Å². The van der Waals surface area contributed by atoms with Gasteiger partial charge in [-0.15, -0.1) is 0 Å². The summed E-state index contributed by atoms with van der Waals surface area (Å²) in [4.78, 5) is 4.72. The lowest BCUT2D eigenvalue weighted by molar-refractivity contribution is -0.129. The Balaban J connectivity index is 0.000000192. The molecule has 25 heavy (non-hydrogen) atoms. The summed E-state index contributed by atoms with van der Waals surface area (Å²) in [6.45, 7) is 6.19. The minimum absolute atomic E-state index is 0.629. The lowest BCUT2D eigenvalue weighted by Gasteiger charge is -2.28. The summed E-state index contributed by atoms with van der Waals surface area (Å²) in [5, 5.41) is 0. The fraction of sp³-hybridized carbons (Fsp3) is 0.429. The molecule has 2 aromatic rings. The van der Waals surface area contributed by atoms with Gasteiger partial charge in [-0.25, -0.2) is 0 Å². The summed E-state index contributed by atoms with van der Waals surface area (Å²) in [6, 6.07) is 20.2. The lowest BCUT2D eigenvalue weighted by Crippen LogP contribution is -2.42. The zero-order valence-corrected chi connectivity index (χ0v) is 15.2. The van der Waals surface area contributed by atoms with Crippen LogP contribution < -0.4 is 0 Å². The molecular weight excluding hydrogens is 312 g/mol. The second-order valence-electron chi connectivity index (χ2n) is 6.65. The van der Waals surface area contributed by atoms with E-state index in [0.717, 1.165) is 11.1 Å². The third kappa shape index (κ3) is 4.47. The zero-order chi connectivity index (χ0) is 17.5. The van der Waals surface area contributed by atoms with Crippen LogP contribution in [0.1, 0.15) is 11.1 Å². The summed E-state index contributed by atoms with van der Waals surface area (Å²) in [5.41, 5.74) is 2.09. The molecule has 0 amide bonds. The summed E-state index contributed by atoms with van der Waals surface area (Å²) in [6.07, 6.45) is 0. The van der Waals surface area contributed by atoms with Gasteiger partial charge >= 0.3 is 0 Å². The Morgan fingerprint density at radius 2 is 1.00 bits per heavy atom. The SMILES string of the molecule is CN1CCN(C)CC1.c1ccc(C2(c3ccccc3)OCCO2)cc1. The molecule has 2 aliphatic heterocycles.